The lowest BCUT2D eigenvalue weighted by atomic mass is 10.1. The monoisotopic (exact) mass is 413 g/mol. The third-order valence-electron chi connectivity index (χ3n) is 5.02. The first kappa shape index (κ1) is 20.3. The summed E-state index contributed by atoms with van der Waals surface area (Å²) >= 11 is 0. The number of aromatic nitrogens is 3. The summed E-state index contributed by atoms with van der Waals surface area (Å²) < 4.78 is 1.40. The highest BCUT2D eigenvalue weighted by atomic mass is 16.1. The number of carbonyl (C=O) groups is 1. The molecule has 0 aliphatic rings. The summed E-state index contributed by atoms with van der Waals surface area (Å²) in [6.45, 7) is 0.463. The Hall–Kier alpha value is -4.00. The summed E-state index contributed by atoms with van der Waals surface area (Å²) in [5.41, 5.74) is 2.69. The number of anilines is 1. The van der Waals surface area contributed by atoms with Crippen LogP contribution in [0.5, 0.6) is 0 Å². The van der Waals surface area contributed by atoms with Crippen LogP contribution in [-0.4, -0.2) is 34.8 Å². The standard InChI is InChI=1S/C24H23N5O2/c1-28(2)19-10-7-8-17(14-19)23(30)26-15-22-20-11-3-4-12-21(20)24(31)29(27-22)16-18-9-5-6-13-25-18/h3-14H,15-16H2,1-2H3,(H,26,30). The molecule has 0 fully saturated rings. The Morgan fingerprint density at radius 3 is 2.52 bits per heavy atom. The van der Waals surface area contributed by atoms with E-state index < -0.39 is 0 Å². The fourth-order valence-electron chi connectivity index (χ4n) is 3.38. The molecule has 4 rings (SSSR count). The molecule has 0 aliphatic heterocycles. The smallest absolute Gasteiger partial charge is 0.275 e. The van der Waals surface area contributed by atoms with Gasteiger partial charge < -0.3 is 10.2 Å². The van der Waals surface area contributed by atoms with Crippen LogP contribution in [0.15, 0.2) is 77.7 Å². The van der Waals surface area contributed by atoms with Crippen molar-refractivity contribution in [3.05, 3.63) is 100 Å². The zero-order valence-corrected chi connectivity index (χ0v) is 17.4. The van der Waals surface area contributed by atoms with E-state index in [0.717, 1.165) is 16.8 Å². The minimum atomic E-state index is -0.197. The second-order valence-electron chi connectivity index (χ2n) is 7.40. The summed E-state index contributed by atoms with van der Waals surface area (Å²) in [6, 6.07) is 20.3. The number of nitrogens with one attached hydrogen (secondary N) is 1. The number of pyridine rings is 1. The lowest BCUT2D eigenvalue weighted by Crippen LogP contribution is -2.29. The molecule has 2 aromatic heterocycles. The van der Waals surface area contributed by atoms with Crippen molar-refractivity contribution in [2.24, 2.45) is 0 Å². The van der Waals surface area contributed by atoms with E-state index in [1.807, 2.05) is 73.6 Å². The van der Waals surface area contributed by atoms with Crippen molar-refractivity contribution in [3.63, 3.8) is 0 Å². The number of hydrogen-bond acceptors (Lipinski definition) is 5. The van der Waals surface area contributed by atoms with Gasteiger partial charge in [0.25, 0.3) is 11.5 Å². The molecule has 0 aliphatic carbocycles. The summed E-state index contributed by atoms with van der Waals surface area (Å²) in [6.07, 6.45) is 1.68. The van der Waals surface area contributed by atoms with Gasteiger partial charge in [0.1, 0.15) is 0 Å². The van der Waals surface area contributed by atoms with Gasteiger partial charge in [0, 0.05) is 36.9 Å². The molecule has 0 bridgehead atoms. The van der Waals surface area contributed by atoms with Gasteiger partial charge in [0.2, 0.25) is 0 Å². The van der Waals surface area contributed by atoms with E-state index in [9.17, 15) is 9.59 Å². The predicted molar refractivity (Wildman–Crippen MR) is 121 cm³/mol. The van der Waals surface area contributed by atoms with Gasteiger partial charge in [0.15, 0.2) is 0 Å². The Morgan fingerprint density at radius 2 is 1.77 bits per heavy atom. The third kappa shape index (κ3) is 4.45. The molecule has 1 N–H and O–H groups in total. The minimum absolute atomic E-state index is 0.185. The second-order valence-corrected chi connectivity index (χ2v) is 7.40. The van der Waals surface area contributed by atoms with Gasteiger partial charge in [-0.15, -0.1) is 0 Å². The van der Waals surface area contributed by atoms with E-state index in [2.05, 4.69) is 15.4 Å². The zero-order chi connectivity index (χ0) is 21.8. The first-order valence-corrected chi connectivity index (χ1v) is 9.97. The highest BCUT2D eigenvalue weighted by Crippen LogP contribution is 2.15. The number of benzene rings is 2. The molecule has 156 valence electrons. The van der Waals surface area contributed by atoms with E-state index in [4.69, 9.17) is 0 Å². The Kier molecular flexibility index (Phi) is 5.75. The van der Waals surface area contributed by atoms with E-state index in [-0.39, 0.29) is 24.6 Å². The average molecular weight is 413 g/mol. The molecular weight excluding hydrogens is 390 g/mol. The van der Waals surface area contributed by atoms with E-state index >= 15 is 0 Å². The Morgan fingerprint density at radius 1 is 1.00 bits per heavy atom. The lowest BCUT2D eigenvalue weighted by Gasteiger charge is -2.14. The van der Waals surface area contributed by atoms with Crippen LogP contribution in [0.1, 0.15) is 21.7 Å². The predicted octanol–water partition coefficient (Wildman–Crippen LogP) is 2.84. The van der Waals surface area contributed by atoms with Crippen LogP contribution in [0.3, 0.4) is 0 Å². The number of hydrogen-bond donors (Lipinski definition) is 1. The molecule has 0 saturated heterocycles. The highest BCUT2D eigenvalue weighted by Gasteiger charge is 2.13. The Labute approximate surface area is 180 Å². The van der Waals surface area contributed by atoms with Gasteiger partial charge in [-0.2, -0.15) is 5.10 Å². The van der Waals surface area contributed by atoms with Crippen LogP contribution in [-0.2, 0) is 13.1 Å². The molecule has 7 heteroatoms. The van der Waals surface area contributed by atoms with Crippen molar-refractivity contribution in [1.82, 2.24) is 20.1 Å². The van der Waals surface area contributed by atoms with Gasteiger partial charge in [-0.3, -0.25) is 14.6 Å². The van der Waals surface area contributed by atoms with E-state index in [0.29, 0.717) is 16.6 Å². The highest BCUT2D eigenvalue weighted by molar-refractivity contribution is 5.95. The maximum Gasteiger partial charge on any atom is 0.275 e. The van der Waals surface area contributed by atoms with Crippen molar-refractivity contribution in [1.29, 1.82) is 0 Å². The zero-order valence-electron chi connectivity index (χ0n) is 17.4. The first-order chi connectivity index (χ1) is 15.0. The van der Waals surface area contributed by atoms with Gasteiger partial charge in [-0.05, 0) is 36.4 Å². The molecule has 1 amide bonds. The molecule has 0 unspecified atom stereocenters. The number of rotatable bonds is 6. The van der Waals surface area contributed by atoms with E-state index in [1.54, 1.807) is 18.3 Å². The van der Waals surface area contributed by atoms with Crippen LogP contribution in [0.25, 0.3) is 10.8 Å². The quantitative estimate of drug-likeness (QED) is 0.526. The summed E-state index contributed by atoms with van der Waals surface area (Å²) in [4.78, 5) is 31.9. The molecule has 2 aromatic carbocycles. The van der Waals surface area contributed by atoms with Crippen molar-refractivity contribution in [3.8, 4) is 0 Å². The Balaban J connectivity index is 1.64. The number of carbonyl (C=O) groups excluding carboxylic acids is 1. The number of nitrogens with zero attached hydrogens (tertiary/aromatic N) is 4. The second kappa shape index (κ2) is 8.79. The SMILES string of the molecule is CN(C)c1cccc(C(=O)NCc2nn(Cc3ccccn3)c(=O)c3ccccc23)c1. The summed E-state index contributed by atoms with van der Waals surface area (Å²) in [5, 5.41) is 8.77. The van der Waals surface area contributed by atoms with E-state index in [1.165, 1.54) is 4.68 Å². The maximum absolute atomic E-state index is 12.9. The van der Waals surface area contributed by atoms with Gasteiger partial charge in [-0.25, -0.2) is 4.68 Å². The summed E-state index contributed by atoms with van der Waals surface area (Å²) in [5.74, 6) is -0.197. The van der Waals surface area contributed by atoms with Crippen LogP contribution in [0, 0.1) is 0 Å². The fraction of sp³-hybridized carbons (Fsp3) is 0.167. The van der Waals surface area contributed by atoms with Crippen molar-refractivity contribution in [2.75, 3.05) is 19.0 Å². The van der Waals surface area contributed by atoms with Crippen molar-refractivity contribution >= 4 is 22.4 Å². The molecule has 31 heavy (non-hydrogen) atoms. The van der Waals surface area contributed by atoms with Gasteiger partial charge >= 0.3 is 0 Å². The third-order valence-corrected chi connectivity index (χ3v) is 5.02. The van der Waals surface area contributed by atoms with Gasteiger partial charge in [0.05, 0.1) is 29.9 Å². The molecule has 2 heterocycles. The topological polar surface area (TPSA) is 80.1 Å². The Bertz CT molecular complexity index is 1280. The van der Waals surface area contributed by atoms with Crippen molar-refractivity contribution in [2.45, 2.75) is 13.1 Å². The normalized spacial score (nSPS) is 10.8. The number of fused-ring (bicyclic) bond motifs is 1. The molecule has 0 atom stereocenters. The molecule has 0 radical (unpaired) electrons. The average Bonchev–Trinajstić information content (AvgIpc) is 2.80. The van der Waals surface area contributed by atoms with Crippen molar-refractivity contribution < 1.29 is 4.79 Å². The van der Waals surface area contributed by atoms with Gasteiger partial charge in [-0.1, -0.05) is 30.3 Å². The molecule has 0 spiro atoms. The molecule has 0 saturated carbocycles. The lowest BCUT2D eigenvalue weighted by molar-refractivity contribution is 0.0950. The molecule has 4 aromatic rings. The first-order valence-electron chi connectivity index (χ1n) is 9.97. The maximum atomic E-state index is 12.9. The van der Waals surface area contributed by atoms with Crippen LogP contribution in [0.4, 0.5) is 5.69 Å². The minimum Gasteiger partial charge on any atom is -0.378 e. The van der Waals surface area contributed by atoms with Crippen LogP contribution in [0.2, 0.25) is 0 Å². The largest absolute Gasteiger partial charge is 0.378 e. The molecule has 7 nitrogen and oxygen atoms in total. The van der Waals surface area contributed by atoms with Crippen LogP contribution >= 0.6 is 0 Å². The molecular formula is C24H23N5O2. The number of amides is 1. The fourth-order valence-corrected chi connectivity index (χ4v) is 3.38. The van der Waals surface area contributed by atoms with Crippen LogP contribution < -0.4 is 15.8 Å². The summed E-state index contributed by atoms with van der Waals surface area (Å²) in [7, 11) is 3.86.